The van der Waals surface area contributed by atoms with Crippen LogP contribution in [0.25, 0.3) is 16.9 Å². The Bertz CT molecular complexity index is 1180. The first-order valence-corrected chi connectivity index (χ1v) is 9.94. The lowest BCUT2D eigenvalue weighted by Crippen LogP contribution is -2.14. The Labute approximate surface area is 176 Å². The van der Waals surface area contributed by atoms with Gasteiger partial charge in [0.05, 0.1) is 31.3 Å². The molecule has 2 aromatic carbocycles. The van der Waals surface area contributed by atoms with E-state index in [0.717, 1.165) is 11.4 Å². The molecule has 2 heterocycles. The van der Waals surface area contributed by atoms with E-state index in [-0.39, 0.29) is 11.7 Å². The number of nitrogens with one attached hydrogen (secondary N) is 1. The molecule has 2 aromatic heterocycles. The van der Waals surface area contributed by atoms with Crippen LogP contribution in [-0.4, -0.2) is 50.8 Å². The number of para-hydroxylation sites is 2. The van der Waals surface area contributed by atoms with Crippen molar-refractivity contribution >= 4 is 34.5 Å². The maximum atomic E-state index is 12.4. The van der Waals surface area contributed by atoms with Gasteiger partial charge in [0.25, 0.3) is 0 Å². The maximum Gasteiger partial charge on any atom is 0.234 e. The largest absolute Gasteiger partial charge is 0.497 e. The van der Waals surface area contributed by atoms with E-state index < -0.39 is 0 Å². The Hall–Kier alpha value is -3.66. The van der Waals surface area contributed by atoms with Crippen LogP contribution < -0.4 is 14.8 Å². The summed E-state index contributed by atoms with van der Waals surface area (Å²) in [5.74, 6) is 1.32. The number of anilines is 1. The average Bonchev–Trinajstić information content (AvgIpc) is 3.23. The Morgan fingerprint density at radius 2 is 1.87 bits per heavy atom. The molecule has 0 aliphatic heterocycles. The second-order valence-corrected chi connectivity index (χ2v) is 7.05. The fourth-order valence-electron chi connectivity index (χ4n) is 2.80. The number of amides is 1. The van der Waals surface area contributed by atoms with E-state index in [9.17, 15) is 4.79 Å². The van der Waals surface area contributed by atoms with E-state index >= 15 is 0 Å². The normalized spacial score (nSPS) is 10.7. The van der Waals surface area contributed by atoms with Crippen LogP contribution in [0.15, 0.2) is 59.9 Å². The lowest BCUT2D eigenvalue weighted by molar-refractivity contribution is -0.113. The first-order chi connectivity index (χ1) is 14.7. The fraction of sp³-hybridized carbons (Fsp3) is 0.150. The van der Waals surface area contributed by atoms with Crippen LogP contribution in [0.3, 0.4) is 0 Å². The molecule has 0 aliphatic carbocycles. The quantitative estimate of drug-likeness (QED) is 0.358. The summed E-state index contributed by atoms with van der Waals surface area (Å²) in [6, 6.07) is 14.6. The van der Waals surface area contributed by atoms with E-state index in [1.807, 2.05) is 36.4 Å². The molecule has 4 aromatic rings. The highest BCUT2D eigenvalue weighted by Gasteiger charge is 2.15. The van der Waals surface area contributed by atoms with Gasteiger partial charge in [0.15, 0.2) is 11.2 Å². The molecule has 0 unspecified atom stereocenters. The maximum absolute atomic E-state index is 12.4. The molecule has 10 heteroatoms. The molecule has 0 bridgehead atoms. The molecule has 1 amide bonds. The molecule has 1 N–H and O–H groups in total. The molecule has 9 nitrogen and oxygen atoms in total. The van der Waals surface area contributed by atoms with Gasteiger partial charge < -0.3 is 14.8 Å². The molecule has 30 heavy (non-hydrogen) atoms. The van der Waals surface area contributed by atoms with Gasteiger partial charge in [-0.15, -0.1) is 5.10 Å². The van der Waals surface area contributed by atoms with Crippen molar-refractivity contribution in [3.05, 3.63) is 54.9 Å². The third-order valence-corrected chi connectivity index (χ3v) is 5.22. The van der Waals surface area contributed by atoms with Crippen molar-refractivity contribution in [1.82, 2.24) is 25.0 Å². The molecular formula is C20H18N6O3S. The molecule has 0 saturated heterocycles. The number of fused-ring (bicyclic) bond motifs is 1. The van der Waals surface area contributed by atoms with Crippen LogP contribution in [0.5, 0.6) is 11.5 Å². The second kappa shape index (κ2) is 8.78. The Kier molecular flexibility index (Phi) is 5.75. The van der Waals surface area contributed by atoms with E-state index in [2.05, 4.69) is 25.6 Å². The molecule has 0 spiro atoms. The van der Waals surface area contributed by atoms with Crippen molar-refractivity contribution in [2.45, 2.75) is 5.03 Å². The number of carbonyl (C=O) groups excluding carboxylic acids is 1. The van der Waals surface area contributed by atoms with Gasteiger partial charge in [-0.05, 0) is 36.4 Å². The van der Waals surface area contributed by atoms with E-state index in [4.69, 9.17) is 9.47 Å². The summed E-state index contributed by atoms with van der Waals surface area (Å²) in [4.78, 5) is 21.0. The summed E-state index contributed by atoms with van der Waals surface area (Å²) in [6.07, 6.45) is 1.44. The highest BCUT2D eigenvalue weighted by molar-refractivity contribution is 8.00. The minimum absolute atomic E-state index is 0.152. The lowest BCUT2D eigenvalue weighted by atomic mass is 10.3. The number of rotatable bonds is 7. The van der Waals surface area contributed by atoms with E-state index in [0.29, 0.717) is 27.6 Å². The molecule has 4 rings (SSSR count). The van der Waals surface area contributed by atoms with Crippen LogP contribution in [0.2, 0.25) is 0 Å². The molecule has 0 radical (unpaired) electrons. The van der Waals surface area contributed by atoms with Gasteiger partial charge in [-0.25, -0.2) is 9.97 Å². The third-order valence-electron chi connectivity index (χ3n) is 4.24. The monoisotopic (exact) mass is 422 g/mol. The highest BCUT2D eigenvalue weighted by Crippen LogP contribution is 2.26. The Morgan fingerprint density at radius 1 is 1.07 bits per heavy atom. The topological polar surface area (TPSA) is 104 Å². The number of benzene rings is 2. The van der Waals surface area contributed by atoms with Crippen molar-refractivity contribution in [2.75, 3.05) is 25.3 Å². The summed E-state index contributed by atoms with van der Waals surface area (Å²) in [7, 11) is 3.17. The van der Waals surface area contributed by atoms with Crippen LogP contribution >= 0.6 is 11.8 Å². The number of nitrogens with zero attached hydrogens (tertiary/aromatic N) is 5. The molecule has 0 aliphatic rings. The Morgan fingerprint density at radius 3 is 2.63 bits per heavy atom. The number of ether oxygens (including phenoxy) is 2. The van der Waals surface area contributed by atoms with Gasteiger partial charge in [-0.3, -0.25) is 4.79 Å². The van der Waals surface area contributed by atoms with Crippen LogP contribution in [0.4, 0.5) is 5.69 Å². The Balaban J connectivity index is 1.51. The number of hydrogen-bond acceptors (Lipinski definition) is 8. The minimum atomic E-state index is -0.182. The number of methoxy groups -OCH3 is 2. The summed E-state index contributed by atoms with van der Waals surface area (Å²) in [6.45, 7) is 0. The number of thioether (sulfide) groups is 1. The van der Waals surface area contributed by atoms with Gasteiger partial charge in [0, 0.05) is 0 Å². The van der Waals surface area contributed by atoms with Crippen molar-refractivity contribution in [3.63, 3.8) is 0 Å². The summed E-state index contributed by atoms with van der Waals surface area (Å²) >= 11 is 1.27. The van der Waals surface area contributed by atoms with Crippen molar-refractivity contribution in [2.24, 2.45) is 0 Å². The predicted octanol–water partition coefficient (Wildman–Crippen LogP) is 2.96. The molecule has 0 atom stereocenters. The second-order valence-electron chi connectivity index (χ2n) is 6.09. The van der Waals surface area contributed by atoms with Crippen molar-refractivity contribution in [3.8, 4) is 17.2 Å². The molecule has 0 saturated carbocycles. The van der Waals surface area contributed by atoms with Crippen LogP contribution in [0, 0.1) is 0 Å². The van der Waals surface area contributed by atoms with Gasteiger partial charge in [-0.2, -0.15) is 4.68 Å². The smallest absolute Gasteiger partial charge is 0.234 e. The standard InChI is InChI=1S/C20H18N6O3S/c1-28-14-9-7-13(8-10-14)26-19-18(24-25-26)20(22-12-21-19)30-11-17(27)23-15-5-3-4-6-16(15)29-2/h3-10,12H,11H2,1-2H3,(H,23,27). The third kappa shape index (κ3) is 4.03. The van der Waals surface area contributed by atoms with Crippen LogP contribution in [0.1, 0.15) is 0 Å². The van der Waals surface area contributed by atoms with E-state index in [1.165, 1.54) is 18.1 Å². The SMILES string of the molecule is COc1ccc(-n2nnc3c(SCC(=O)Nc4ccccc4OC)ncnc32)cc1. The fourth-order valence-corrected chi connectivity index (χ4v) is 3.53. The number of aromatic nitrogens is 5. The summed E-state index contributed by atoms with van der Waals surface area (Å²) in [5, 5.41) is 11.8. The van der Waals surface area contributed by atoms with Crippen LogP contribution in [-0.2, 0) is 4.79 Å². The van der Waals surface area contributed by atoms with Crippen molar-refractivity contribution < 1.29 is 14.3 Å². The molecule has 0 fully saturated rings. The van der Waals surface area contributed by atoms with Gasteiger partial charge in [-0.1, -0.05) is 29.1 Å². The lowest BCUT2D eigenvalue weighted by Gasteiger charge is -2.09. The number of carbonyl (C=O) groups is 1. The predicted molar refractivity (Wildman–Crippen MR) is 113 cm³/mol. The first kappa shape index (κ1) is 19.6. The zero-order valence-corrected chi connectivity index (χ0v) is 17.1. The number of hydrogen-bond donors (Lipinski definition) is 1. The van der Waals surface area contributed by atoms with Gasteiger partial charge in [0.2, 0.25) is 5.91 Å². The minimum Gasteiger partial charge on any atom is -0.497 e. The summed E-state index contributed by atoms with van der Waals surface area (Å²) < 4.78 is 12.1. The molecule has 152 valence electrons. The zero-order valence-electron chi connectivity index (χ0n) is 16.3. The average molecular weight is 422 g/mol. The summed E-state index contributed by atoms with van der Waals surface area (Å²) in [5.41, 5.74) is 2.50. The zero-order chi connectivity index (χ0) is 20.9. The highest BCUT2D eigenvalue weighted by atomic mass is 32.2. The molecular weight excluding hydrogens is 404 g/mol. The van der Waals surface area contributed by atoms with Gasteiger partial charge >= 0.3 is 0 Å². The van der Waals surface area contributed by atoms with Crippen molar-refractivity contribution in [1.29, 1.82) is 0 Å². The van der Waals surface area contributed by atoms with E-state index in [1.54, 1.807) is 31.0 Å². The first-order valence-electron chi connectivity index (χ1n) is 8.96. The van der Waals surface area contributed by atoms with Gasteiger partial charge in [0.1, 0.15) is 22.9 Å².